The first-order valence-electron chi connectivity index (χ1n) is 1.72. The standard InChI is InChI=1S/C4H6.2ClH.Ru/c1-3-4-2;;;/h1,3-4H,2H3;2*1H;/q;;;+2/p-2/b4-3+;;;. The number of hydrogen-bond acceptors (Lipinski definition) is 0. The van der Waals surface area contributed by atoms with E-state index in [1.807, 2.05) is 23.7 Å². The summed E-state index contributed by atoms with van der Waals surface area (Å²) in [5.41, 5.74) is 0. The van der Waals surface area contributed by atoms with Gasteiger partial charge in [0.05, 0.1) is 0 Å². The molecule has 0 aliphatic carbocycles. The van der Waals surface area contributed by atoms with Gasteiger partial charge >= 0.3 is 56.6 Å². The predicted octanol–water partition coefficient (Wildman–Crippen LogP) is 2.29. The van der Waals surface area contributed by atoms with E-state index in [4.69, 9.17) is 19.4 Å². The maximum atomic E-state index is 5.46. The summed E-state index contributed by atoms with van der Waals surface area (Å²) in [7, 11) is 10.9. The molecule has 0 N–H and O–H groups in total. The van der Waals surface area contributed by atoms with Crippen molar-refractivity contribution in [2.75, 3.05) is 0 Å². The van der Waals surface area contributed by atoms with Gasteiger partial charge in [-0.15, -0.1) is 0 Å². The molecule has 7 heavy (non-hydrogen) atoms. The van der Waals surface area contributed by atoms with Gasteiger partial charge in [-0.3, -0.25) is 0 Å². The third-order valence-electron chi connectivity index (χ3n) is 0.350. The zero-order valence-corrected chi connectivity index (χ0v) is 7.09. The molecule has 0 aromatic carbocycles. The molecule has 0 aliphatic heterocycles. The van der Waals surface area contributed by atoms with E-state index in [0.29, 0.717) is 0 Å². The number of hydrogen-bond donors (Lipinski definition) is 0. The van der Waals surface area contributed by atoms with Crippen molar-refractivity contribution >= 4 is 24.0 Å². The average molecular weight is 226 g/mol. The van der Waals surface area contributed by atoms with Crippen LogP contribution >= 0.6 is 19.4 Å². The second-order valence-electron chi connectivity index (χ2n) is 0.848. The van der Waals surface area contributed by atoms with E-state index in [1.165, 1.54) is 0 Å². The van der Waals surface area contributed by atoms with E-state index in [9.17, 15) is 0 Å². The van der Waals surface area contributed by atoms with Crippen LogP contribution in [0.3, 0.4) is 0 Å². The second-order valence-corrected chi connectivity index (χ2v) is 6.65. The summed E-state index contributed by atoms with van der Waals surface area (Å²) in [5, 5.41) is 0. The van der Waals surface area contributed by atoms with Gasteiger partial charge in [-0.05, 0) is 0 Å². The van der Waals surface area contributed by atoms with E-state index in [-0.39, 0.29) is 0 Å². The molecular formula is C4H6Cl2Ru. The van der Waals surface area contributed by atoms with Gasteiger partial charge in [0, 0.05) is 0 Å². The molecule has 0 radical (unpaired) electrons. The first kappa shape index (κ1) is 7.81. The Morgan fingerprint density at radius 3 is 2.14 bits per heavy atom. The molecule has 0 atom stereocenters. The number of allylic oxidation sites excluding steroid dienone is 2. The molecule has 3 heteroatoms. The molecule has 0 fully saturated rings. The first-order valence-corrected chi connectivity index (χ1v) is 7.20. The molecule has 44 valence electrons. The van der Waals surface area contributed by atoms with Crippen molar-refractivity contribution in [3.8, 4) is 0 Å². The summed E-state index contributed by atoms with van der Waals surface area (Å²) >= 11 is -1.49. The molecular weight excluding hydrogens is 220 g/mol. The van der Waals surface area contributed by atoms with Crippen LogP contribution in [-0.4, -0.2) is 4.61 Å². The topological polar surface area (TPSA) is 0 Å². The molecule has 0 saturated carbocycles. The first-order chi connectivity index (χ1) is 3.27. The Kier molecular flexibility index (Phi) is 5.54. The van der Waals surface area contributed by atoms with E-state index >= 15 is 0 Å². The number of halogens is 2. The Bertz CT molecular complexity index is 91.9. The Balaban J connectivity index is 3.46. The Labute approximate surface area is 56.6 Å². The molecule has 0 bridgehead atoms. The fourth-order valence-electron chi connectivity index (χ4n) is 0.119. The van der Waals surface area contributed by atoms with Gasteiger partial charge in [-0.1, -0.05) is 0 Å². The summed E-state index contributed by atoms with van der Waals surface area (Å²) in [6.07, 6.45) is 3.78. The van der Waals surface area contributed by atoms with Crippen LogP contribution in [0.2, 0.25) is 0 Å². The Morgan fingerprint density at radius 2 is 2.00 bits per heavy atom. The van der Waals surface area contributed by atoms with E-state index in [2.05, 4.69) is 0 Å². The van der Waals surface area contributed by atoms with Crippen molar-refractivity contribution in [1.82, 2.24) is 0 Å². The van der Waals surface area contributed by atoms with Crippen molar-refractivity contribution < 1.29 is 13.5 Å². The zero-order valence-electron chi connectivity index (χ0n) is 3.84. The van der Waals surface area contributed by atoms with Gasteiger partial charge in [-0.25, -0.2) is 0 Å². The monoisotopic (exact) mass is 226 g/mol. The summed E-state index contributed by atoms with van der Waals surface area (Å²) < 4.78 is 1.84. The Hall–Kier alpha value is 0.813. The van der Waals surface area contributed by atoms with E-state index in [1.54, 1.807) is 0 Å². The summed E-state index contributed by atoms with van der Waals surface area (Å²) in [6.45, 7) is 1.93. The molecule has 0 saturated heterocycles. The van der Waals surface area contributed by atoms with E-state index < -0.39 is 13.5 Å². The minimum atomic E-state index is -1.49. The fourth-order valence-corrected chi connectivity index (χ4v) is 1.32. The summed E-state index contributed by atoms with van der Waals surface area (Å²) in [4.78, 5) is 0. The SMILES string of the molecule is C/C=C/[CH]=[Ru]([Cl])[Cl]. The number of rotatable bonds is 1. The molecule has 0 unspecified atom stereocenters. The van der Waals surface area contributed by atoms with Crippen LogP contribution in [0.1, 0.15) is 6.92 Å². The molecule has 0 aliphatic rings. The molecule has 0 spiro atoms. The molecule has 0 nitrogen and oxygen atoms in total. The Morgan fingerprint density at radius 1 is 1.43 bits per heavy atom. The zero-order chi connectivity index (χ0) is 5.70. The van der Waals surface area contributed by atoms with Crippen molar-refractivity contribution in [2.45, 2.75) is 6.92 Å². The molecule has 0 amide bonds. The van der Waals surface area contributed by atoms with Crippen molar-refractivity contribution in [3.63, 3.8) is 0 Å². The average Bonchev–Trinajstić information content (AvgIpc) is 1.61. The van der Waals surface area contributed by atoms with Crippen molar-refractivity contribution in [2.24, 2.45) is 0 Å². The predicted molar refractivity (Wildman–Crippen MR) is 32.6 cm³/mol. The van der Waals surface area contributed by atoms with Crippen LogP contribution in [0.5, 0.6) is 0 Å². The molecule has 0 rings (SSSR count). The minimum absolute atomic E-state index is 1.49. The van der Waals surface area contributed by atoms with E-state index in [0.717, 1.165) is 0 Å². The van der Waals surface area contributed by atoms with Crippen LogP contribution < -0.4 is 0 Å². The van der Waals surface area contributed by atoms with Gasteiger partial charge in [0.25, 0.3) is 0 Å². The van der Waals surface area contributed by atoms with Crippen molar-refractivity contribution in [3.05, 3.63) is 12.2 Å². The second kappa shape index (κ2) is 4.96. The fraction of sp³-hybridized carbons (Fsp3) is 0.250. The maximum absolute atomic E-state index is 5.46. The summed E-state index contributed by atoms with van der Waals surface area (Å²) in [5.74, 6) is 0. The molecule has 0 aromatic rings. The van der Waals surface area contributed by atoms with Crippen LogP contribution in [-0.2, 0) is 13.5 Å². The van der Waals surface area contributed by atoms with Crippen LogP contribution in [0.15, 0.2) is 12.2 Å². The van der Waals surface area contributed by atoms with Gasteiger partial charge in [0.1, 0.15) is 0 Å². The summed E-state index contributed by atoms with van der Waals surface area (Å²) in [6, 6.07) is 0. The molecule has 0 aromatic heterocycles. The molecule has 0 heterocycles. The van der Waals surface area contributed by atoms with Crippen LogP contribution in [0.25, 0.3) is 0 Å². The van der Waals surface area contributed by atoms with Gasteiger partial charge in [0.2, 0.25) is 0 Å². The quantitative estimate of drug-likeness (QED) is 0.602. The van der Waals surface area contributed by atoms with Gasteiger partial charge < -0.3 is 0 Å². The normalized spacial score (nSPS) is 12.1. The third kappa shape index (κ3) is 6.81. The van der Waals surface area contributed by atoms with Gasteiger partial charge in [-0.2, -0.15) is 0 Å². The van der Waals surface area contributed by atoms with Gasteiger partial charge in [0.15, 0.2) is 0 Å². The third-order valence-corrected chi connectivity index (χ3v) is 2.18. The van der Waals surface area contributed by atoms with Crippen LogP contribution in [0, 0.1) is 0 Å². The van der Waals surface area contributed by atoms with Crippen LogP contribution in [0.4, 0.5) is 0 Å². The van der Waals surface area contributed by atoms with Crippen molar-refractivity contribution in [1.29, 1.82) is 0 Å².